The van der Waals surface area contributed by atoms with Crippen LogP contribution in [0.3, 0.4) is 0 Å². The number of fused-ring (bicyclic) bond motifs is 1. The van der Waals surface area contributed by atoms with Crippen LogP contribution in [0.4, 0.5) is 11.5 Å². The lowest BCUT2D eigenvalue weighted by molar-refractivity contribution is -0.384. The van der Waals surface area contributed by atoms with Crippen molar-refractivity contribution in [3.63, 3.8) is 0 Å². The van der Waals surface area contributed by atoms with E-state index >= 15 is 0 Å². The number of nitrogens with one attached hydrogen (secondary N) is 1. The van der Waals surface area contributed by atoms with Crippen LogP contribution in [-0.2, 0) is 12.8 Å². The van der Waals surface area contributed by atoms with Crippen molar-refractivity contribution in [2.24, 2.45) is 0 Å². The average Bonchev–Trinajstić information content (AvgIpc) is 3.27. The Bertz CT molecular complexity index is 853. The minimum atomic E-state index is -0.391. The first-order valence-corrected chi connectivity index (χ1v) is 8.22. The molecular formula is C16H14N4O2S. The highest BCUT2D eigenvalue weighted by Crippen LogP contribution is 2.31. The van der Waals surface area contributed by atoms with Crippen LogP contribution >= 0.6 is 11.3 Å². The van der Waals surface area contributed by atoms with Crippen LogP contribution in [0.1, 0.15) is 16.1 Å². The van der Waals surface area contributed by atoms with Gasteiger partial charge in [-0.1, -0.05) is 6.07 Å². The number of anilines is 1. The van der Waals surface area contributed by atoms with Crippen molar-refractivity contribution in [2.45, 2.75) is 12.8 Å². The smallest absolute Gasteiger partial charge is 0.269 e. The third kappa shape index (κ3) is 2.49. The van der Waals surface area contributed by atoms with Crippen LogP contribution in [0.25, 0.3) is 5.69 Å². The van der Waals surface area contributed by atoms with Gasteiger partial charge in [-0.05, 0) is 30.0 Å². The Balaban J connectivity index is 1.73. The van der Waals surface area contributed by atoms with Gasteiger partial charge in [-0.3, -0.25) is 10.1 Å². The summed E-state index contributed by atoms with van der Waals surface area (Å²) in [5.41, 5.74) is 3.24. The van der Waals surface area contributed by atoms with Crippen LogP contribution in [0.2, 0.25) is 0 Å². The average molecular weight is 326 g/mol. The summed E-state index contributed by atoms with van der Waals surface area (Å²) in [5, 5.41) is 21.0. The van der Waals surface area contributed by atoms with E-state index in [0.717, 1.165) is 36.6 Å². The van der Waals surface area contributed by atoms with Gasteiger partial charge in [0.15, 0.2) is 0 Å². The van der Waals surface area contributed by atoms with Crippen molar-refractivity contribution < 1.29 is 4.92 Å². The van der Waals surface area contributed by atoms with E-state index in [2.05, 4.69) is 16.8 Å². The van der Waals surface area contributed by atoms with Crippen LogP contribution in [0.5, 0.6) is 0 Å². The van der Waals surface area contributed by atoms with Crippen LogP contribution in [0, 0.1) is 10.1 Å². The van der Waals surface area contributed by atoms with Gasteiger partial charge in [0.25, 0.3) is 5.69 Å². The fourth-order valence-electron chi connectivity index (χ4n) is 2.87. The van der Waals surface area contributed by atoms with Crippen molar-refractivity contribution in [2.75, 3.05) is 11.9 Å². The molecule has 0 aliphatic carbocycles. The zero-order chi connectivity index (χ0) is 15.8. The minimum absolute atomic E-state index is 0.0873. The Morgan fingerprint density at radius 2 is 2.13 bits per heavy atom. The van der Waals surface area contributed by atoms with E-state index < -0.39 is 4.92 Å². The number of aromatic nitrogens is 2. The lowest BCUT2D eigenvalue weighted by atomic mass is 10.1. The van der Waals surface area contributed by atoms with Crippen LogP contribution in [0.15, 0.2) is 41.8 Å². The molecule has 7 heteroatoms. The Morgan fingerprint density at radius 1 is 1.30 bits per heavy atom. The monoisotopic (exact) mass is 326 g/mol. The highest BCUT2D eigenvalue weighted by molar-refractivity contribution is 7.09. The topological polar surface area (TPSA) is 73.0 Å². The molecule has 1 aliphatic rings. The Kier molecular flexibility index (Phi) is 3.34. The first kappa shape index (κ1) is 14.0. The normalized spacial score (nSPS) is 12.9. The van der Waals surface area contributed by atoms with Crippen LogP contribution < -0.4 is 5.32 Å². The first-order valence-electron chi connectivity index (χ1n) is 7.34. The molecule has 1 N–H and O–H groups in total. The summed E-state index contributed by atoms with van der Waals surface area (Å²) in [6, 6.07) is 10.7. The van der Waals surface area contributed by atoms with E-state index in [1.807, 2.05) is 10.7 Å². The molecule has 0 saturated carbocycles. The molecule has 0 unspecified atom stereocenters. The summed E-state index contributed by atoms with van der Waals surface area (Å²) in [6.45, 7) is 0.900. The Labute approximate surface area is 136 Å². The van der Waals surface area contributed by atoms with Crippen molar-refractivity contribution in [3.05, 3.63) is 68.0 Å². The molecule has 0 spiro atoms. The van der Waals surface area contributed by atoms with Crippen molar-refractivity contribution in [3.8, 4) is 5.69 Å². The maximum atomic E-state index is 10.8. The predicted octanol–water partition coefficient (Wildman–Crippen LogP) is 3.40. The summed E-state index contributed by atoms with van der Waals surface area (Å²) in [6.07, 6.45) is 1.78. The fraction of sp³-hybridized carbons (Fsp3) is 0.188. The number of rotatable bonds is 4. The highest BCUT2D eigenvalue weighted by atomic mass is 32.1. The van der Waals surface area contributed by atoms with E-state index in [0.29, 0.717) is 0 Å². The first-order chi connectivity index (χ1) is 11.2. The van der Waals surface area contributed by atoms with Crippen LogP contribution in [-0.4, -0.2) is 21.2 Å². The number of nitro groups is 1. The Morgan fingerprint density at radius 3 is 2.83 bits per heavy atom. The lowest BCUT2D eigenvalue weighted by Gasteiger charge is -2.06. The van der Waals surface area contributed by atoms with Crippen molar-refractivity contribution >= 4 is 22.8 Å². The van der Waals surface area contributed by atoms with E-state index in [9.17, 15) is 10.1 Å². The zero-order valence-corrected chi connectivity index (χ0v) is 13.0. The van der Waals surface area contributed by atoms with Gasteiger partial charge in [0, 0.05) is 35.5 Å². The molecule has 1 aliphatic heterocycles. The largest absolute Gasteiger partial charge is 0.369 e. The number of benzene rings is 1. The highest BCUT2D eigenvalue weighted by Gasteiger charge is 2.23. The van der Waals surface area contributed by atoms with E-state index in [1.54, 1.807) is 23.5 Å². The number of thiophene rings is 1. The third-order valence-corrected chi connectivity index (χ3v) is 4.84. The second kappa shape index (κ2) is 5.51. The predicted molar refractivity (Wildman–Crippen MR) is 89.5 cm³/mol. The summed E-state index contributed by atoms with van der Waals surface area (Å²) < 4.78 is 1.86. The number of nitro benzene ring substituents is 1. The van der Waals surface area contributed by atoms with E-state index in [4.69, 9.17) is 5.10 Å². The number of non-ortho nitro benzene ring substituents is 1. The Hall–Kier alpha value is -2.67. The second-order valence-corrected chi connectivity index (χ2v) is 6.42. The maximum absolute atomic E-state index is 10.8. The molecule has 0 amide bonds. The minimum Gasteiger partial charge on any atom is -0.369 e. The van der Waals surface area contributed by atoms with Gasteiger partial charge in [-0.2, -0.15) is 5.10 Å². The van der Waals surface area contributed by atoms with Gasteiger partial charge >= 0.3 is 0 Å². The van der Waals surface area contributed by atoms with Gasteiger partial charge in [-0.15, -0.1) is 11.3 Å². The summed E-state index contributed by atoms with van der Waals surface area (Å²) in [4.78, 5) is 11.7. The van der Waals surface area contributed by atoms with Gasteiger partial charge in [0.1, 0.15) is 5.82 Å². The lowest BCUT2D eigenvalue weighted by Crippen LogP contribution is -2.05. The fourth-order valence-corrected chi connectivity index (χ4v) is 3.58. The third-order valence-electron chi connectivity index (χ3n) is 3.96. The van der Waals surface area contributed by atoms with Gasteiger partial charge in [0.2, 0.25) is 0 Å². The molecule has 4 rings (SSSR count). The SMILES string of the molecule is O=[N+]([O-])c1ccc(-n2nc(Cc3cccs3)c3c2NCC3)cc1. The molecular weight excluding hydrogens is 312 g/mol. The second-order valence-electron chi connectivity index (χ2n) is 5.39. The number of hydrogen-bond acceptors (Lipinski definition) is 5. The van der Waals surface area contributed by atoms with E-state index in [-0.39, 0.29) is 5.69 Å². The van der Waals surface area contributed by atoms with Crippen molar-refractivity contribution in [1.29, 1.82) is 0 Å². The van der Waals surface area contributed by atoms with Gasteiger partial charge in [0.05, 0.1) is 16.3 Å². The van der Waals surface area contributed by atoms with Gasteiger partial charge in [-0.25, -0.2) is 4.68 Å². The quantitative estimate of drug-likeness (QED) is 0.589. The standard InChI is InChI=1S/C16H14N4O2S/c21-20(22)12-5-3-11(4-6-12)19-16-14(7-8-17-16)15(18-19)10-13-2-1-9-23-13/h1-6,9,17H,7-8,10H2. The molecule has 116 valence electrons. The zero-order valence-electron chi connectivity index (χ0n) is 12.2. The molecule has 23 heavy (non-hydrogen) atoms. The van der Waals surface area contributed by atoms with Crippen molar-refractivity contribution in [1.82, 2.24) is 9.78 Å². The summed E-state index contributed by atoms with van der Waals surface area (Å²) in [5.74, 6) is 1.01. The molecule has 0 bridgehead atoms. The van der Waals surface area contributed by atoms with Gasteiger partial charge < -0.3 is 5.32 Å². The summed E-state index contributed by atoms with van der Waals surface area (Å²) in [7, 11) is 0. The summed E-state index contributed by atoms with van der Waals surface area (Å²) >= 11 is 1.73. The molecule has 0 radical (unpaired) electrons. The molecule has 3 heterocycles. The number of nitrogens with zero attached hydrogens (tertiary/aromatic N) is 3. The molecule has 0 fully saturated rings. The molecule has 2 aromatic heterocycles. The number of hydrogen-bond donors (Lipinski definition) is 1. The molecule has 0 atom stereocenters. The molecule has 0 saturated heterocycles. The molecule has 6 nitrogen and oxygen atoms in total. The van der Waals surface area contributed by atoms with E-state index in [1.165, 1.54) is 22.6 Å². The maximum Gasteiger partial charge on any atom is 0.269 e. The molecule has 3 aromatic rings. The molecule has 1 aromatic carbocycles.